The minimum absolute atomic E-state index is 0.0875. The maximum atomic E-state index is 11.3. The summed E-state index contributed by atoms with van der Waals surface area (Å²) in [5, 5.41) is 0.941. The van der Waals surface area contributed by atoms with Crippen molar-refractivity contribution in [1.82, 2.24) is 4.98 Å². The summed E-state index contributed by atoms with van der Waals surface area (Å²) in [6, 6.07) is 0.478. The Kier molecular flexibility index (Phi) is 4.35. The number of methoxy groups -OCH3 is 1. The van der Waals surface area contributed by atoms with Gasteiger partial charge in [0.25, 0.3) is 0 Å². The van der Waals surface area contributed by atoms with E-state index >= 15 is 0 Å². The quantitative estimate of drug-likeness (QED) is 0.713. The van der Waals surface area contributed by atoms with Crippen LogP contribution in [0.4, 0.5) is 5.13 Å². The van der Waals surface area contributed by atoms with Crippen LogP contribution in [0, 0.1) is 5.92 Å². The highest BCUT2D eigenvalue weighted by atomic mass is 32.1. The van der Waals surface area contributed by atoms with E-state index in [9.17, 15) is 4.79 Å². The van der Waals surface area contributed by atoms with Gasteiger partial charge in [0.2, 0.25) is 0 Å². The van der Waals surface area contributed by atoms with E-state index in [-0.39, 0.29) is 5.78 Å². The molecule has 0 saturated heterocycles. The van der Waals surface area contributed by atoms with E-state index in [0.29, 0.717) is 12.6 Å². The van der Waals surface area contributed by atoms with Crippen molar-refractivity contribution < 1.29 is 9.53 Å². The third-order valence-corrected chi connectivity index (χ3v) is 4.55. The maximum absolute atomic E-state index is 11.3. The first-order valence-electron chi connectivity index (χ1n) is 6.35. The number of thiazole rings is 1. The first-order valence-corrected chi connectivity index (χ1v) is 7.17. The van der Waals surface area contributed by atoms with Crippen molar-refractivity contribution in [2.45, 2.75) is 32.7 Å². The molecule has 1 saturated carbocycles. The normalized spacial score (nSPS) is 16.6. The summed E-state index contributed by atoms with van der Waals surface area (Å²) in [6.45, 7) is 5.34. The molecule has 18 heavy (non-hydrogen) atoms. The summed E-state index contributed by atoms with van der Waals surface area (Å²) in [7, 11) is 1.71. The van der Waals surface area contributed by atoms with Crippen LogP contribution < -0.4 is 4.90 Å². The van der Waals surface area contributed by atoms with Gasteiger partial charge in [-0.3, -0.25) is 4.79 Å². The fourth-order valence-electron chi connectivity index (χ4n) is 2.06. The lowest BCUT2D eigenvalue weighted by Gasteiger charge is -2.28. The van der Waals surface area contributed by atoms with Crippen molar-refractivity contribution in [3.63, 3.8) is 0 Å². The van der Waals surface area contributed by atoms with E-state index in [2.05, 4.69) is 16.8 Å². The third-order valence-electron chi connectivity index (χ3n) is 3.42. The molecule has 1 aromatic heterocycles. The molecule has 0 N–H and O–H groups in total. The first-order chi connectivity index (χ1) is 8.63. The lowest BCUT2D eigenvalue weighted by molar-refractivity contribution is 0.102. The Morgan fingerprint density at radius 2 is 2.39 bits per heavy atom. The van der Waals surface area contributed by atoms with Gasteiger partial charge in [-0.15, -0.1) is 0 Å². The number of carbonyl (C=O) groups excluding carboxylic acids is 1. The van der Waals surface area contributed by atoms with Crippen molar-refractivity contribution in [2.75, 3.05) is 25.2 Å². The van der Waals surface area contributed by atoms with E-state index < -0.39 is 0 Å². The number of carbonyl (C=O) groups is 1. The van der Waals surface area contributed by atoms with Gasteiger partial charge in [0.05, 0.1) is 17.7 Å². The van der Waals surface area contributed by atoms with E-state index in [4.69, 9.17) is 4.74 Å². The van der Waals surface area contributed by atoms with Gasteiger partial charge in [0.1, 0.15) is 0 Å². The van der Waals surface area contributed by atoms with Crippen LogP contribution in [0.1, 0.15) is 36.4 Å². The van der Waals surface area contributed by atoms with Gasteiger partial charge in [-0.25, -0.2) is 4.98 Å². The topological polar surface area (TPSA) is 42.4 Å². The summed E-state index contributed by atoms with van der Waals surface area (Å²) < 4.78 is 5.17. The van der Waals surface area contributed by atoms with E-state index in [1.807, 2.05) is 0 Å². The number of Topliss-reactive ketones (excluding diaryl/α,β-unsaturated/α-hetero) is 1. The zero-order chi connectivity index (χ0) is 13.1. The van der Waals surface area contributed by atoms with Gasteiger partial charge >= 0.3 is 0 Å². The average Bonchev–Trinajstić information content (AvgIpc) is 3.08. The molecule has 0 spiro atoms. The fourth-order valence-corrected chi connectivity index (χ4v) is 2.98. The number of rotatable bonds is 7. The molecule has 5 heteroatoms. The summed E-state index contributed by atoms with van der Waals surface area (Å²) >= 11 is 1.48. The Balaban J connectivity index is 2.12. The number of aromatic nitrogens is 1. The monoisotopic (exact) mass is 268 g/mol. The van der Waals surface area contributed by atoms with Crippen LogP contribution in [-0.4, -0.2) is 37.1 Å². The standard InChI is InChI=1S/C13H20N2O2S/c1-9(11-4-5-11)15(6-7-17-3)13-14-8-12(18-13)10(2)16/h8-9,11H,4-7H2,1-3H3. The predicted octanol–water partition coefficient (Wildman–Crippen LogP) is 2.60. The lowest BCUT2D eigenvalue weighted by Crippen LogP contribution is -2.37. The van der Waals surface area contributed by atoms with Crippen LogP contribution in [0.3, 0.4) is 0 Å². The van der Waals surface area contributed by atoms with Crippen molar-refractivity contribution in [1.29, 1.82) is 0 Å². The molecule has 1 aromatic rings. The first kappa shape index (κ1) is 13.5. The highest BCUT2D eigenvalue weighted by molar-refractivity contribution is 7.17. The highest BCUT2D eigenvalue weighted by Gasteiger charge is 2.33. The lowest BCUT2D eigenvalue weighted by atomic mass is 10.2. The third kappa shape index (κ3) is 3.09. The smallest absolute Gasteiger partial charge is 0.186 e. The Labute approximate surface area is 112 Å². The number of anilines is 1. The number of ketones is 1. The predicted molar refractivity (Wildman–Crippen MR) is 73.5 cm³/mol. The van der Waals surface area contributed by atoms with E-state index in [1.54, 1.807) is 20.2 Å². The van der Waals surface area contributed by atoms with Crippen molar-refractivity contribution in [3.05, 3.63) is 11.1 Å². The molecule has 0 aromatic carbocycles. The second kappa shape index (κ2) is 5.80. The van der Waals surface area contributed by atoms with Gasteiger partial charge < -0.3 is 9.64 Å². The van der Waals surface area contributed by atoms with Gasteiger partial charge in [-0.05, 0) is 25.7 Å². The maximum Gasteiger partial charge on any atom is 0.186 e. The minimum atomic E-state index is 0.0875. The minimum Gasteiger partial charge on any atom is -0.383 e. The zero-order valence-corrected chi connectivity index (χ0v) is 12.0. The molecular weight excluding hydrogens is 248 g/mol. The molecule has 0 bridgehead atoms. The molecule has 4 nitrogen and oxygen atoms in total. The van der Waals surface area contributed by atoms with Crippen LogP contribution in [0.2, 0.25) is 0 Å². The number of ether oxygens (including phenoxy) is 1. The van der Waals surface area contributed by atoms with Crippen LogP contribution in [0.5, 0.6) is 0 Å². The van der Waals surface area contributed by atoms with Gasteiger partial charge in [-0.2, -0.15) is 0 Å². The number of hydrogen-bond acceptors (Lipinski definition) is 5. The Morgan fingerprint density at radius 1 is 1.67 bits per heavy atom. The van der Waals surface area contributed by atoms with Gasteiger partial charge in [-0.1, -0.05) is 11.3 Å². The second-order valence-electron chi connectivity index (χ2n) is 4.83. The molecule has 1 aliphatic rings. The SMILES string of the molecule is COCCN(c1ncc(C(C)=O)s1)C(C)C1CC1. The molecule has 2 rings (SSSR count). The molecule has 1 aliphatic carbocycles. The number of nitrogens with zero attached hydrogens (tertiary/aromatic N) is 2. The van der Waals surface area contributed by atoms with E-state index in [0.717, 1.165) is 22.5 Å². The van der Waals surface area contributed by atoms with Crippen molar-refractivity contribution in [3.8, 4) is 0 Å². The molecule has 0 amide bonds. The Bertz CT molecular complexity index is 415. The average molecular weight is 268 g/mol. The molecule has 1 heterocycles. The number of hydrogen-bond donors (Lipinski definition) is 0. The van der Waals surface area contributed by atoms with Gasteiger partial charge in [0.15, 0.2) is 10.9 Å². The van der Waals surface area contributed by atoms with Crippen LogP contribution in [0.15, 0.2) is 6.20 Å². The van der Waals surface area contributed by atoms with Crippen molar-refractivity contribution in [2.24, 2.45) is 5.92 Å². The summed E-state index contributed by atoms with van der Waals surface area (Å²) in [5.74, 6) is 0.857. The van der Waals surface area contributed by atoms with Crippen LogP contribution >= 0.6 is 11.3 Å². The fraction of sp³-hybridized carbons (Fsp3) is 0.692. The summed E-state index contributed by atoms with van der Waals surface area (Å²) in [6.07, 6.45) is 4.28. The molecule has 1 atom stereocenters. The molecular formula is C13H20N2O2S. The Hall–Kier alpha value is -0.940. The van der Waals surface area contributed by atoms with Gasteiger partial charge in [0, 0.05) is 26.6 Å². The van der Waals surface area contributed by atoms with Crippen LogP contribution in [0.25, 0.3) is 0 Å². The molecule has 100 valence electrons. The summed E-state index contributed by atoms with van der Waals surface area (Å²) in [4.78, 5) is 18.7. The van der Waals surface area contributed by atoms with Crippen molar-refractivity contribution >= 4 is 22.3 Å². The van der Waals surface area contributed by atoms with Crippen LogP contribution in [-0.2, 0) is 4.74 Å². The molecule has 0 radical (unpaired) electrons. The zero-order valence-electron chi connectivity index (χ0n) is 11.2. The largest absolute Gasteiger partial charge is 0.383 e. The second-order valence-corrected chi connectivity index (χ2v) is 5.84. The molecule has 1 unspecified atom stereocenters. The molecule has 0 aliphatic heterocycles. The molecule has 1 fully saturated rings. The van der Waals surface area contributed by atoms with E-state index in [1.165, 1.54) is 24.2 Å². The highest BCUT2D eigenvalue weighted by Crippen LogP contribution is 2.37. The Morgan fingerprint density at radius 3 is 2.89 bits per heavy atom. The summed E-state index contributed by atoms with van der Waals surface area (Å²) in [5.41, 5.74) is 0.